The molecule has 0 aromatic heterocycles. The standard InChI is InChI=1S/C25H36FN5O6/c1-14(32)19(27)23(36)30-11-3-5-18(30)22(35)31-12-4-10-25(31,13-16-6-8-17(26)9-7-16)24(37)29-20(15(2)33)21(28)34/h6-9,14-15,18-20,32-33H,3-5,10-13,27H2,1-2H3,(H2,28,34)(H,29,37). The van der Waals surface area contributed by atoms with E-state index in [1.807, 2.05) is 0 Å². The lowest BCUT2D eigenvalue weighted by Crippen LogP contribution is -2.65. The molecular weight excluding hydrogens is 485 g/mol. The number of nitrogens with two attached hydrogens (primary N) is 2. The first kappa shape index (κ1) is 28.5. The molecule has 6 unspecified atom stereocenters. The van der Waals surface area contributed by atoms with Crippen LogP contribution in [0.4, 0.5) is 4.39 Å². The van der Waals surface area contributed by atoms with Crippen molar-refractivity contribution in [2.45, 2.75) is 81.8 Å². The van der Waals surface area contributed by atoms with Crippen LogP contribution in [0.5, 0.6) is 0 Å². The second-order valence-electron chi connectivity index (χ2n) is 9.98. The smallest absolute Gasteiger partial charge is 0.247 e. The predicted molar refractivity (Wildman–Crippen MR) is 131 cm³/mol. The van der Waals surface area contributed by atoms with Gasteiger partial charge in [-0.15, -0.1) is 0 Å². The number of halogens is 1. The monoisotopic (exact) mass is 521 g/mol. The summed E-state index contributed by atoms with van der Waals surface area (Å²) in [5.74, 6) is -3.08. The lowest BCUT2D eigenvalue weighted by molar-refractivity contribution is -0.152. The molecule has 0 radical (unpaired) electrons. The van der Waals surface area contributed by atoms with Gasteiger partial charge in [-0.05, 0) is 57.2 Å². The molecule has 2 fully saturated rings. The van der Waals surface area contributed by atoms with Gasteiger partial charge in [0.15, 0.2) is 0 Å². The maximum absolute atomic E-state index is 13.9. The highest BCUT2D eigenvalue weighted by Gasteiger charge is 2.53. The number of hydrogen-bond acceptors (Lipinski definition) is 7. The molecule has 1 aromatic rings. The summed E-state index contributed by atoms with van der Waals surface area (Å²) in [7, 11) is 0. The van der Waals surface area contributed by atoms with E-state index in [0.29, 0.717) is 24.8 Å². The summed E-state index contributed by atoms with van der Waals surface area (Å²) in [4.78, 5) is 55.3. The summed E-state index contributed by atoms with van der Waals surface area (Å²) >= 11 is 0. The van der Waals surface area contributed by atoms with Gasteiger partial charge in [0.05, 0.1) is 12.2 Å². The van der Waals surface area contributed by atoms with E-state index in [9.17, 15) is 33.8 Å². The van der Waals surface area contributed by atoms with Crippen molar-refractivity contribution >= 4 is 23.6 Å². The van der Waals surface area contributed by atoms with Gasteiger partial charge in [0.1, 0.15) is 29.5 Å². The molecule has 0 bridgehead atoms. The Morgan fingerprint density at radius 2 is 1.76 bits per heavy atom. The van der Waals surface area contributed by atoms with Crippen LogP contribution in [0.2, 0.25) is 0 Å². The summed E-state index contributed by atoms with van der Waals surface area (Å²) in [5.41, 5.74) is 10.3. The van der Waals surface area contributed by atoms with Gasteiger partial charge in [-0.2, -0.15) is 0 Å². The van der Waals surface area contributed by atoms with Crippen LogP contribution in [0, 0.1) is 5.82 Å². The third-order valence-corrected chi connectivity index (χ3v) is 7.29. The summed E-state index contributed by atoms with van der Waals surface area (Å²) < 4.78 is 13.6. The molecule has 11 nitrogen and oxygen atoms in total. The van der Waals surface area contributed by atoms with E-state index >= 15 is 0 Å². The molecule has 204 valence electrons. The minimum Gasteiger partial charge on any atom is -0.391 e. The summed E-state index contributed by atoms with van der Waals surface area (Å²) in [5, 5.41) is 22.3. The highest BCUT2D eigenvalue weighted by molar-refractivity contribution is 5.98. The molecule has 2 aliphatic heterocycles. The van der Waals surface area contributed by atoms with Gasteiger partial charge in [0, 0.05) is 19.5 Å². The van der Waals surface area contributed by atoms with Crippen LogP contribution in [-0.2, 0) is 25.6 Å². The Balaban J connectivity index is 1.97. The number of benzene rings is 1. The Bertz CT molecular complexity index is 1020. The SMILES string of the molecule is CC(O)C(N)C(=O)N1CCCC1C(=O)N1CCCC1(Cc1ccc(F)cc1)C(=O)NC(C(N)=O)C(C)O. The minimum absolute atomic E-state index is 0.0179. The summed E-state index contributed by atoms with van der Waals surface area (Å²) in [6.45, 7) is 3.20. The van der Waals surface area contributed by atoms with Gasteiger partial charge < -0.3 is 36.8 Å². The van der Waals surface area contributed by atoms with Gasteiger partial charge in [-0.1, -0.05) is 12.1 Å². The molecule has 2 aliphatic rings. The zero-order valence-corrected chi connectivity index (χ0v) is 21.1. The van der Waals surface area contributed by atoms with Crippen LogP contribution in [0.1, 0.15) is 45.1 Å². The van der Waals surface area contributed by atoms with Crippen LogP contribution in [0.15, 0.2) is 24.3 Å². The number of likely N-dealkylation sites (tertiary alicyclic amines) is 2. The van der Waals surface area contributed by atoms with E-state index < -0.39 is 65.3 Å². The van der Waals surface area contributed by atoms with Crippen molar-refractivity contribution in [3.8, 4) is 0 Å². The number of amides is 4. The first-order valence-corrected chi connectivity index (χ1v) is 12.5. The van der Waals surface area contributed by atoms with Gasteiger partial charge in [0.25, 0.3) is 0 Å². The quantitative estimate of drug-likeness (QED) is 0.270. The van der Waals surface area contributed by atoms with Crippen molar-refractivity contribution in [3.05, 3.63) is 35.6 Å². The Morgan fingerprint density at radius 1 is 1.11 bits per heavy atom. The molecule has 12 heteroatoms. The molecule has 0 spiro atoms. The van der Waals surface area contributed by atoms with Crippen molar-refractivity contribution in [1.29, 1.82) is 0 Å². The third-order valence-electron chi connectivity index (χ3n) is 7.29. The average molecular weight is 522 g/mol. The van der Waals surface area contributed by atoms with E-state index in [0.717, 1.165) is 0 Å². The highest BCUT2D eigenvalue weighted by atomic mass is 19.1. The molecule has 3 rings (SSSR count). The zero-order valence-electron chi connectivity index (χ0n) is 21.1. The molecule has 4 amide bonds. The van der Waals surface area contributed by atoms with E-state index in [1.54, 1.807) is 0 Å². The van der Waals surface area contributed by atoms with E-state index in [2.05, 4.69) is 5.32 Å². The topological polar surface area (TPSA) is 179 Å². The van der Waals surface area contributed by atoms with E-state index in [4.69, 9.17) is 11.5 Å². The number of carbonyl (C=O) groups excluding carboxylic acids is 4. The molecule has 0 saturated carbocycles. The maximum atomic E-state index is 13.9. The zero-order chi connectivity index (χ0) is 27.5. The number of primary amides is 1. The van der Waals surface area contributed by atoms with Crippen LogP contribution in [-0.4, -0.2) is 92.6 Å². The Hall–Kier alpha value is -3.09. The second kappa shape index (κ2) is 11.5. The number of rotatable bonds is 9. The summed E-state index contributed by atoms with van der Waals surface area (Å²) in [6, 6.07) is 2.07. The molecule has 6 atom stereocenters. The fraction of sp³-hybridized carbons (Fsp3) is 0.600. The number of carbonyl (C=O) groups is 4. The first-order valence-electron chi connectivity index (χ1n) is 12.5. The van der Waals surface area contributed by atoms with Crippen LogP contribution in [0.3, 0.4) is 0 Å². The molecule has 1 aromatic carbocycles. The van der Waals surface area contributed by atoms with Gasteiger partial charge in [0.2, 0.25) is 23.6 Å². The fourth-order valence-electron chi connectivity index (χ4n) is 5.21. The highest BCUT2D eigenvalue weighted by Crippen LogP contribution is 2.36. The van der Waals surface area contributed by atoms with E-state index in [-0.39, 0.29) is 25.9 Å². The maximum Gasteiger partial charge on any atom is 0.247 e. The largest absolute Gasteiger partial charge is 0.391 e. The molecule has 2 saturated heterocycles. The minimum atomic E-state index is -1.47. The lowest BCUT2D eigenvalue weighted by atomic mass is 9.86. The van der Waals surface area contributed by atoms with Crippen molar-refractivity contribution in [1.82, 2.24) is 15.1 Å². The normalized spacial score (nSPS) is 24.9. The van der Waals surface area contributed by atoms with Crippen molar-refractivity contribution < 1.29 is 33.8 Å². The average Bonchev–Trinajstić information content (AvgIpc) is 3.50. The van der Waals surface area contributed by atoms with Crippen molar-refractivity contribution in [2.24, 2.45) is 11.5 Å². The Labute approximate surface area is 215 Å². The molecule has 2 heterocycles. The lowest BCUT2D eigenvalue weighted by Gasteiger charge is -2.41. The van der Waals surface area contributed by atoms with Gasteiger partial charge >= 0.3 is 0 Å². The number of aliphatic hydroxyl groups is 2. The summed E-state index contributed by atoms with van der Waals surface area (Å²) in [6.07, 6.45) is -0.759. The Morgan fingerprint density at radius 3 is 2.32 bits per heavy atom. The van der Waals surface area contributed by atoms with Crippen molar-refractivity contribution in [2.75, 3.05) is 13.1 Å². The van der Waals surface area contributed by atoms with Gasteiger partial charge in [-0.3, -0.25) is 19.2 Å². The third kappa shape index (κ3) is 5.91. The molecule has 7 N–H and O–H groups in total. The van der Waals surface area contributed by atoms with Crippen LogP contribution >= 0.6 is 0 Å². The van der Waals surface area contributed by atoms with Crippen LogP contribution < -0.4 is 16.8 Å². The van der Waals surface area contributed by atoms with Crippen LogP contribution in [0.25, 0.3) is 0 Å². The number of aliphatic hydroxyl groups excluding tert-OH is 2. The molecular formula is C25H36FN5O6. The van der Waals surface area contributed by atoms with Crippen molar-refractivity contribution in [3.63, 3.8) is 0 Å². The fourth-order valence-corrected chi connectivity index (χ4v) is 5.21. The number of hydrogen-bond donors (Lipinski definition) is 5. The number of nitrogens with one attached hydrogen (secondary N) is 1. The first-order chi connectivity index (χ1) is 17.4. The van der Waals surface area contributed by atoms with E-state index in [1.165, 1.54) is 47.9 Å². The predicted octanol–water partition coefficient (Wildman–Crippen LogP) is -1.22. The molecule has 0 aliphatic carbocycles. The molecule has 37 heavy (non-hydrogen) atoms. The second-order valence-corrected chi connectivity index (χ2v) is 9.98. The Kier molecular flexibility index (Phi) is 8.88. The number of nitrogens with zero attached hydrogens (tertiary/aromatic N) is 2. The van der Waals surface area contributed by atoms with Gasteiger partial charge in [-0.25, -0.2) is 4.39 Å².